The van der Waals surface area contributed by atoms with Gasteiger partial charge in [0.25, 0.3) is 0 Å². The molecule has 0 saturated carbocycles. The fourth-order valence-electron chi connectivity index (χ4n) is 0.593. The van der Waals surface area contributed by atoms with E-state index in [1.54, 1.807) is 6.26 Å². The summed E-state index contributed by atoms with van der Waals surface area (Å²) in [5.41, 5.74) is 0. The number of hydrogen-bond donors (Lipinski definition) is 1. The molecule has 1 rings (SSSR count). The maximum Gasteiger partial charge on any atom is 0.141 e. The first-order chi connectivity index (χ1) is 4.43. The van der Waals surface area contributed by atoms with Crippen LogP contribution in [0.1, 0.15) is 0 Å². The number of rotatable bonds is 2. The molecule has 0 radical (unpaired) electrons. The molecule has 9 heavy (non-hydrogen) atoms. The topological polar surface area (TPSA) is 18.5 Å². The summed E-state index contributed by atoms with van der Waals surface area (Å²) in [5.74, 6) is 0. The van der Waals surface area contributed by atoms with E-state index < -0.39 is 0 Å². The quantitative estimate of drug-likeness (QED) is 0.465. The lowest BCUT2D eigenvalue weighted by molar-refractivity contribution is 0.133. The minimum Gasteiger partial charge on any atom is -0.491 e. The SMILES string of the molecule is SOCC1C=CC=CO1. The van der Waals surface area contributed by atoms with Crippen LogP contribution < -0.4 is 0 Å². The van der Waals surface area contributed by atoms with Crippen molar-refractivity contribution in [2.45, 2.75) is 6.10 Å². The second-order valence-electron chi connectivity index (χ2n) is 1.68. The summed E-state index contributed by atoms with van der Waals surface area (Å²) < 4.78 is 9.64. The fraction of sp³-hybridized carbons (Fsp3) is 0.333. The molecule has 1 atom stereocenters. The minimum atomic E-state index is 0.0347. The number of ether oxygens (including phenoxy) is 1. The molecule has 3 heteroatoms. The van der Waals surface area contributed by atoms with Crippen LogP contribution in [0.4, 0.5) is 0 Å². The zero-order valence-electron chi connectivity index (χ0n) is 4.86. The van der Waals surface area contributed by atoms with Crippen LogP contribution in [-0.4, -0.2) is 12.7 Å². The van der Waals surface area contributed by atoms with Gasteiger partial charge in [-0.1, -0.05) is 6.08 Å². The predicted octanol–water partition coefficient (Wildman–Crippen LogP) is 1.32. The van der Waals surface area contributed by atoms with Gasteiger partial charge in [0.15, 0.2) is 0 Å². The van der Waals surface area contributed by atoms with E-state index in [9.17, 15) is 0 Å². The maximum atomic E-state index is 5.08. The Balaban J connectivity index is 2.28. The van der Waals surface area contributed by atoms with Crippen LogP contribution in [0.2, 0.25) is 0 Å². The molecule has 0 saturated heterocycles. The fourth-order valence-corrected chi connectivity index (χ4v) is 0.740. The molecule has 0 spiro atoms. The third-order valence-electron chi connectivity index (χ3n) is 1.01. The first-order valence-electron chi connectivity index (χ1n) is 2.68. The molecule has 50 valence electrons. The molecular formula is C6H8O2S. The van der Waals surface area contributed by atoms with Crippen molar-refractivity contribution in [1.29, 1.82) is 0 Å². The van der Waals surface area contributed by atoms with Crippen molar-refractivity contribution >= 4 is 12.9 Å². The van der Waals surface area contributed by atoms with E-state index in [4.69, 9.17) is 4.74 Å². The molecule has 2 nitrogen and oxygen atoms in total. The van der Waals surface area contributed by atoms with E-state index in [0.29, 0.717) is 6.61 Å². The zero-order chi connectivity index (χ0) is 6.53. The third-order valence-corrected chi connectivity index (χ3v) is 1.16. The van der Waals surface area contributed by atoms with Crippen LogP contribution in [0.5, 0.6) is 0 Å². The van der Waals surface area contributed by atoms with Crippen molar-refractivity contribution in [2.24, 2.45) is 0 Å². The Labute approximate surface area is 59.8 Å². The molecule has 0 aromatic heterocycles. The molecule has 0 N–H and O–H groups in total. The first-order valence-corrected chi connectivity index (χ1v) is 3.05. The molecule has 0 aliphatic carbocycles. The van der Waals surface area contributed by atoms with Crippen molar-refractivity contribution in [3.63, 3.8) is 0 Å². The van der Waals surface area contributed by atoms with Gasteiger partial charge < -0.3 is 8.92 Å². The first kappa shape index (κ1) is 6.71. The molecule has 1 heterocycles. The highest BCUT2D eigenvalue weighted by atomic mass is 32.1. The Kier molecular flexibility index (Phi) is 2.67. The summed E-state index contributed by atoms with van der Waals surface area (Å²) in [6.45, 7) is 0.490. The molecule has 0 bridgehead atoms. The Morgan fingerprint density at radius 1 is 1.56 bits per heavy atom. The van der Waals surface area contributed by atoms with E-state index >= 15 is 0 Å². The summed E-state index contributed by atoms with van der Waals surface area (Å²) in [6.07, 6.45) is 7.33. The molecular weight excluding hydrogens is 136 g/mol. The molecule has 0 amide bonds. The van der Waals surface area contributed by atoms with Crippen molar-refractivity contribution < 1.29 is 8.92 Å². The van der Waals surface area contributed by atoms with Crippen molar-refractivity contribution in [2.75, 3.05) is 6.61 Å². The van der Waals surface area contributed by atoms with E-state index in [1.807, 2.05) is 18.2 Å². The maximum absolute atomic E-state index is 5.08. The average molecular weight is 144 g/mol. The number of thiol groups is 1. The van der Waals surface area contributed by atoms with Crippen LogP contribution >= 0.6 is 12.9 Å². The van der Waals surface area contributed by atoms with E-state index in [0.717, 1.165) is 0 Å². The van der Waals surface area contributed by atoms with Gasteiger partial charge in [-0.2, -0.15) is 0 Å². The highest BCUT2D eigenvalue weighted by Gasteiger charge is 2.03. The molecule has 0 fully saturated rings. The van der Waals surface area contributed by atoms with Gasteiger partial charge >= 0.3 is 0 Å². The summed E-state index contributed by atoms with van der Waals surface area (Å²) in [7, 11) is 0. The highest BCUT2D eigenvalue weighted by molar-refractivity contribution is 7.75. The minimum absolute atomic E-state index is 0.0347. The van der Waals surface area contributed by atoms with Gasteiger partial charge in [0.1, 0.15) is 12.7 Å². The van der Waals surface area contributed by atoms with Gasteiger partial charge in [-0.05, 0) is 25.1 Å². The molecule has 0 aromatic carbocycles. The van der Waals surface area contributed by atoms with Crippen LogP contribution in [0, 0.1) is 0 Å². The predicted molar refractivity (Wildman–Crippen MR) is 38.1 cm³/mol. The van der Waals surface area contributed by atoms with E-state index in [-0.39, 0.29) is 6.10 Å². The van der Waals surface area contributed by atoms with Crippen LogP contribution in [0.3, 0.4) is 0 Å². The molecule has 1 aliphatic rings. The Morgan fingerprint density at radius 2 is 2.44 bits per heavy atom. The van der Waals surface area contributed by atoms with Crippen LogP contribution in [-0.2, 0) is 8.92 Å². The number of hydrogen-bond acceptors (Lipinski definition) is 3. The van der Waals surface area contributed by atoms with Crippen LogP contribution in [0.15, 0.2) is 24.5 Å². The zero-order valence-corrected chi connectivity index (χ0v) is 5.75. The van der Waals surface area contributed by atoms with Gasteiger partial charge in [-0.25, -0.2) is 0 Å². The monoisotopic (exact) mass is 144 g/mol. The summed E-state index contributed by atoms with van der Waals surface area (Å²) >= 11 is 3.59. The van der Waals surface area contributed by atoms with Gasteiger partial charge in [-0.3, -0.25) is 0 Å². The Morgan fingerprint density at radius 3 is 3.00 bits per heavy atom. The van der Waals surface area contributed by atoms with Crippen LogP contribution in [0.25, 0.3) is 0 Å². The third kappa shape index (κ3) is 2.11. The standard InChI is InChI=1S/C6H8O2S/c9-8-5-6-3-1-2-4-7-6/h1-4,6,9H,5H2. The molecule has 1 unspecified atom stereocenters. The van der Waals surface area contributed by atoms with Gasteiger partial charge in [0.2, 0.25) is 0 Å². The number of allylic oxidation sites excluding steroid dienone is 2. The summed E-state index contributed by atoms with van der Waals surface area (Å²) in [4.78, 5) is 0. The second-order valence-corrected chi connectivity index (χ2v) is 1.94. The Bertz CT molecular complexity index is 131. The largest absolute Gasteiger partial charge is 0.491 e. The van der Waals surface area contributed by atoms with Gasteiger partial charge in [0.05, 0.1) is 6.26 Å². The van der Waals surface area contributed by atoms with E-state index in [2.05, 4.69) is 17.1 Å². The average Bonchev–Trinajstić information content (AvgIpc) is 1.91. The van der Waals surface area contributed by atoms with E-state index in [1.165, 1.54) is 0 Å². The molecule has 0 aromatic rings. The highest BCUT2D eigenvalue weighted by Crippen LogP contribution is 2.02. The smallest absolute Gasteiger partial charge is 0.141 e. The summed E-state index contributed by atoms with van der Waals surface area (Å²) in [6, 6.07) is 0. The lowest BCUT2D eigenvalue weighted by Crippen LogP contribution is -2.13. The van der Waals surface area contributed by atoms with Gasteiger partial charge in [-0.15, -0.1) is 0 Å². The van der Waals surface area contributed by atoms with Crippen molar-refractivity contribution in [3.05, 3.63) is 24.5 Å². The lowest BCUT2D eigenvalue weighted by Gasteiger charge is -2.12. The Hall–Kier alpha value is -0.410. The summed E-state index contributed by atoms with van der Waals surface area (Å²) in [5, 5.41) is 0. The normalized spacial score (nSPS) is 23.9. The molecule has 1 aliphatic heterocycles. The lowest BCUT2D eigenvalue weighted by atomic mass is 10.3. The van der Waals surface area contributed by atoms with Crippen molar-refractivity contribution in [3.8, 4) is 0 Å². The second kappa shape index (κ2) is 3.58. The van der Waals surface area contributed by atoms with Gasteiger partial charge in [0, 0.05) is 0 Å². The van der Waals surface area contributed by atoms with Crippen molar-refractivity contribution in [1.82, 2.24) is 0 Å².